The molecule has 1 saturated carbocycles. The number of hydrogen-bond donors (Lipinski definition) is 1. The lowest BCUT2D eigenvalue weighted by molar-refractivity contribution is 0.435. The monoisotopic (exact) mass is 263 g/mol. The van der Waals surface area contributed by atoms with Crippen molar-refractivity contribution in [1.82, 2.24) is 5.32 Å². The maximum Gasteiger partial charge on any atom is 0.0320 e. The van der Waals surface area contributed by atoms with E-state index in [2.05, 4.69) is 49.7 Å². The Morgan fingerprint density at radius 2 is 2.00 bits per heavy atom. The van der Waals surface area contributed by atoms with Crippen LogP contribution in [0.25, 0.3) is 0 Å². The van der Waals surface area contributed by atoms with Crippen molar-refractivity contribution in [3.05, 3.63) is 35.4 Å². The summed E-state index contributed by atoms with van der Waals surface area (Å²) in [6.07, 6.45) is 7.52. The van der Waals surface area contributed by atoms with Gasteiger partial charge in [-0.15, -0.1) is 0 Å². The minimum absolute atomic E-state index is 0.517. The van der Waals surface area contributed by atoms with Crippen molar-refractivity contribution in [2.75, 3.05) is 6.26 Å². The van der Waals surface area contributed by atoms with Crippen LogP contribution < -0.4 is 5.32 Å². The van der Waals surface area contributed by atoms with Gasteiger partial charge in [-0.1, -0.05) is 43.2 Å². The molecule has 3 atom stereocenters. The Labute approximate surface area is 116 Å². The minimum Gasteiger partial charge on any atom is -0.306 e. The van der Waals surface area contributed by atoms with Gasteiger partial charge in [-0.05, 0) is 38.0 Å². The van der Waals surface area contributed by atoms with Crippen molar-refractivity contribution in [1.29, 1.82) is 0 Å². The van der Waals surface area contributed by atoms with Gasteiger partial charge in [0.1, 0.15) is 0 Å². The number of rotatable bonds is 5. The second-order valence-corrected chi connectivity index (χ2v) is 6.43. The van der Waals surface area contributed by atoms with Gasteiger partial charge in [0.15, 0.2) is 0 Å². The van der Waals surface area contributed by atoms with Gasteiger partial charge >= 0.3 is 0 Å². The molecule has 1 aliphatic rings. The first-order valence-corrected chi connectivity index (χ1v) is 8.38. The van der Waals surface area contributed by atoms with E-state index in [0.29, 0.717) is 12.1 Å². The Balaban J connectivity index is 2.02. The molecule has 3 unspecified atom stereocenters. The van der Waals surface area contributed by atoms with Crippen molar-refractivity contribution in [3.63, 3.8) is 0 Å². The van der Waals surface area contributed by atoms with Crippen molar-refractivity contribution in [2.24, 2.45) is 0 Å². The number of nitrogens with one attached hydrogen (secondary N) is 1. The van der Waals surface area contributed by atoms with Crippen LogP contribution in [0.1, 0.15) is 49.8 Å². The Bertz CT molecular complexity index is 360. The standard InChI is InChI=1S/C16H25NS/c1-4-14(13-10-8-12(2)9-11-13)17-15-6-5-7-16(15)18-3/h8-11,14-17H,4-7H2,1-3H3. The lowest BCUT2D eigenvalue weighted by atomic mass is 10.0. The Kier molecular flexibility index (Phi) is 5.13. The quantitative estimate of drug-likeness (QED) is 0.849. The molecule has 1 N–H and O–H groups in total. The zero-order chi connectivity index (χ0) is 13.0. The van der Waals surface area contributed by atoms with E-state index in [9.17, 15) is 0 Å². The van der Waals surface area contributed by atoms with Gasteiger partial charge in [-0.25, -0.2) is 0 Å². The summed E-state index contributed by atoms with van der Waals surface area (Å²) in [5.74, 6) is 0. The van der Waals surface area contributed by atoms with Gasteiger partial charge in [0.25, 0.3) is 0 Å². The molecule has 0 saturated heterocycles. The fraction of sp³-hybridized carbons (Fsp3) is 0.625. The summed E-state index contributed by atoms with van der Waals surface area (Å²) in [5, 5.41) is 4.69. The van der Waals surface area contributed by atoms with Gasteiger partial charge in [0.05, 0.1) is 0 Å². The Morgan fingerprint density at radius 1 is 1.28 bits per heavy atom. The van der Waals surface area contributed by atoms with Crippen LogP contribution in [0.5, 0.6) is 0 Å². The predicted molar refractivity (Wildman–Crippen MR) is 82.3 cm³/mol. The predicted octanol–water partition coefficient (Wildman–Crippen LogP) is 4.32. The summed E-state index contributed by atoms with van der Waals surface area (Å²) >= 11 is 2.03. The molecule has 0 bridgehead atoms. The zero-order valence-corrected chi connectivity index (χ0v) is 12.6. The lowest BCUT2D eigenvalue weighted by Gasteiger charge is -2.26. The van der Waals surface area contributed by atoms with E-state index < -0.39 is 0 Å². The molecule has 1 aromatic rings. The summed E-state index contributed by atoms with van der Waals surface area (Å²) in [5.41, 5.74) is 2.78. The fourth-order valence-electron chi connectivity index (χ4n) is 2.91. The number of hydrogen-bond acceptors (Lipinski definition) is 2. The van der Waals surface area contributed by atoms with E-state index in [1.54, 1.807) is 0 Å². The van der Waals surface area contributed by atoms with E-state index in [4.69, 9.17) is 0 Å². The second kappa shape index (κ2) is 6.63. The molecule has 2 rings (SSSR count). The van der Waals surface area contributed by atoms with Gasteiger partial charge in [-0.3, -0.25) is 0 Å². The van der Waals surface area contributed by atoms with Crippen LogP contribution in [0.15, 0.2) is 24.3 Å². The van der Waals surface area contributed by atoms with Gasteiger partial charge in [-0.2, -0.15) is 11.8 Å². The highest BCUT2D eigenvalue weighted by Gasteiger charge is 2.28. The largest absolute Gasteiger partial charge is 0.306 e. The van der Waals surface area contributed by atoms with Crippen LogP contribution in [0.4, 0.5) is 0 Å². The van der Waals surface area contributed by atoms with Crippen LogP contribution in [0.3, 0.4) is 0 Å². The molecule has 1 aromatic carbocycles. The molecule has 0 aliphatic heterocycles. The number of aryl methyl sites for hydroxylation is 1. The van der Waals surface area contributed by atoms with Crippen molar-refractivity contribution in [2.45, 2.75) is 56.9 Å². The van der Waals surface area contributed by atoms with E-state index in [-0.39, 0.29) is 0 Å². The Morgan fingerprint density at radius 3 is 2.61 bits per heavy atom. The summed E-state index contributed by atoms with van der Waals surface area (Å²) in [6, 6.07) is 10.2. The molecule has 2 heteroatoms. The van der Waals surface area contributed by atoms with Crippen molar-refractivity contribution >= 4 is 11.8 Å². The number of benzene rings is 1. The van der Waals surface area contributed by atoms with Crippen molar-refractivity contribution < 1.29 is 0 Å². The highest BCUT2D eigenvalue weighted by Crippen LogP contribution is 2.31. The van der Waals surface area contributed by atoms with Crippen LogP contribution in [-0.2, 0) is 0 Å². The van der Waals surface area contributed by atoms with E-state index in [0.717, 1.165) is 5.25 Å². The highest BCUT2D eigenvalue weighted by atomic mass is 32.2. The molecule has 0 aromatic heterocycles. The van der Waals surface area contributed by atoms with E-state index >= 15 is 0 Å². The van der Waals surface area contributed by atoms with Gasteiger partial charge < -0.3 is 5.32 Å². The summed E-state index contributed by atoms with van der Waals surface area (Å²) in [4.78, 5) is 0. The third-order valence-electron chi connectivity index (χ3n) is 4.06. The van der Waals surface area contributed by atoms with Crippen LogP contribution in [0.2, 0.25) is 0 Å². The van der Waals surface area contributed by atoms with Crippen LogP contribution in [0, 0.1) is 6.92 Å². The van der Waals surface area contributed by atoms with Crippen molar-refractivity contribution in [3.8, 4) is 0 Å². The first-order chi connectivity index (χ1) is 8.74. The average Bonchev–Trinajstić information content (AvgIpc) is 2.84. The molecule has 100 valence electrons. The third kappa shape index (κ3) is 3.30. The molecule has 0 heterocycles. The lowest BCUT2D eigenvalue weighted by Crippen LogP contribution is -2.36. The zero-order valence-electron chi connectivity index (χ0n) is 11.8. The number of thioether (sulfide) groups is 1. The molecule has 0 amide bonds. The first kappa shape index (κ1) is 14.0. The molecule has 1 aliphatic carbocycles. The molecule has 0 radical (unpaired) electrons. The summed E-state index contributed by atoms with van der Waals surface area (Å²) in [7, 11) is 0. The normalized spacial score (nSPS) is 25.3. The van der Waals surface area contributed by atoms with E-state index in [1.165, 1.54) is 36.8 Å². The fourth-order valence-corrected chi connectivity index (χ4v) is 3.85. The topological polar surface area (TPSA) is 12.0 Å². The first-order valence-electron chi connectivity index (χ1n) is 7.10. The van der Waals surface area contributed by atoms with Crippen LogP contribution >= 0.6 is 11.8 Å². The molecule has 18 heavy (non-hydrogen) atoms. The minimum atomic E-state index is 0.517. The molecular formula is C16H25NS. The van der Waals surface area contributed by atoms with Crippen LogP contribution in [-0.4, -0.2) is 17.5 Å². The Hall–Kier alpha value is -0.470. The SMILES string of the molecule is CCC(NC1CCCC1SC)c1ccc(C)cc1. The molecule has 1 nitrogen and oxygen atoms in total. The third-order valence-corrected chi connectivity index (χ3v) is 5.23. The van der Waals surface area contributed by atoms with Gasteiger partial charge in [0.2, 0.25) is 0 Å². The molecule has 0 spiro atoms. The second-order valence-electron chi connectivity index (χ2n) is 5.35. The summed E-state index contributed by atoms with van der Waals surface area (Å²) < 4.78 is 0. The molecule has 1 fully saturated rings. The molecular weight excluding hydrogens is 238 g/mol. The smallest absolute Gasteiger partial charge is 0.0320 e. The maximum absolute atomic E-state index is 3.88. The highest BCUT2D eigenvalue weighted by molar-refractivity contribution is 7.99. The summed E-state index contributed by atoms with van der Waals surface area (Å²) in [6.45, 7) is 4.43. The van der Waals surface area contributed by atoms with E-state index in [1.807, 2.05) is 11.8 Å². The maximum atomic E-state index is 3.88. The average molecular weight is 263 g/mol. The van der Waals surface area contributed by atoms with Gasteiger partial charge in [0, 0.05) is 17.3 Å².